The molecule has 1 N–H and O–H groups in total. The highest BCUT2D eigenvalue weighted by Gasteiger charge is 2.35. The van der Waals surface area contributed by atoms with Gasteiger partial charge in [0.2, 0.25) is 5.91 Å². The smallest absolute Gasteiger partial charge is 0.256 e. The monoisotopic (exact) mass is 377 g/mol. The van der Waals surface area contributed by atoms with E-state index in [1.54, 1.807) is 23.1 Å². The largest absolute Gasteiger partial charge is 0.327 e. The molecule has 130 valence electrons. The highest BCUT2D eigenvalue weighted by Crippen LogP contribution is 2.26. The lowest BCUT2D eigenvalue weighted by Gasteiger charge is -2.24. The number of carbonyl (C=O) groups excluding carboxylic acids is 2. The number of carbonyl (C=O) groups is 2. The Hall–Kier alpha value is -2.11. The summed E-state index contributed by atoms with van der Waals surface area (Å²) >= 11 is 12.1. The van der Waals surface area contributed by atoms with Crippen molar-refractivity contribution >= 4 is 40.8 Å². The minimum atomic E-state index is -0.551. The molecule has 1 aliphatic rings. The summed E-state index contributed by atoms with van der Waals surface area (Å²) in [6.45, 7) is 2.35. The molecule has 2 heterocycles. The number of pyridine rings is 1. The maximum atomic E-state index is 12.8. The molecule has 0 bridgehead atoms. The third-order valence-corrected chi connectivity index (χ3v) is 4.68. The molecule has 25 heavy (non-hydrogen) atoms. The van der Waals surface area contributed by atoms with E-state index >= 15 is 0 Å². The average Bonchev–Trinajstić information content (AvgIpc) is 3.06. The second-order valence-corrected chi connectivity index (χ2v) is 6.78. The number of likely N-dealkylation sites (tertiary alicyclic amines) is 1. The molecule has 3 rings (SSSR count). The third kappa shape index (κ3) is 3.94. The number of rotatable bonds is 3. The summed E-state index contributed by atoms with van der Waals surface area (Å²) in [5.41, 5.74) is 1.12. The fourth-order valence-electron chi connectivity index (χ4n) is 2.92. The van der Waals surface area contributed by atoms with Crippen molar-refractivity contribution < 1.29 is 9.59 Å². The van der Waals surface area contributed by atoms with E-state index in [-0.39, 0.29) is 11.8 Å². The van der Waals surface area contributed by atoms with Crippen molar-refractivity contribution in [3.05, 3.63) is 57.7 Å². The second-order valence-electron chi connectivity index (χ2n) is 5.93. The minimum Gasteiger partial charge on any atom is -0.327 e. The Balaban J connectivity index is 1.79. The van der Waals surface area contributed by atoms with Crippen molar-refractivity contribution in [2.75, 3.05) is 11.9 Å². The lowest BCUT2D eigenvalue weighted by Crippen LogP contribution is -2.43. The van der Waals surface area contributed by atoms with Gasteiger partial charge in [-0.15, -0.1) is 0 Å². The van der Waals surface area contributed by atoms with E-state index in [4.69, 9.17) is 23.2 Å². The predicted octanol–water partition coefficient (Wildman–Crippen LogP) is 3.94. The Labute approximate surface area is 155 Å². The van der Waals surface area contributed by atoms with E-state index in [0.29, 0.717) is 34.4 Å². The molecule has 0 spiro atoms. The first-order valence-corrected chi connectivity index (χ1v) is 8.72. The van der Waals surface area contributed by atoms with E-state index in [9.17, 15) is 9.59 Å². The first-order valence-electron chi connectivity index (χ1n) is 7.96. The summed E-state index contributed by atoms with van der Waals surface area (Å²) in [7, 11) is 0. The van der Waals surface area contributed by atoms with Gasteiger partial charge >= 0.3 is 0 Å². The van der Waals surface area contributed by atoms with Crippen molar-refractivity contribution in [3.63, 3.8) is 0 Å². The van der Waals surface area contributed by atoms with Crippen molar-refractivity contribution in [1.82, 2.24) is 9.88 Å². The molecule has 1 aromatic heterocycles. The molecular weight excluding hydrogens is 361 g/mol. The molecule has 0 radical (unpaired) electrons. The van der Waals surface area contributed by atoms with Crippen LogP contribution in [0, 0.1) is 6.92 Å². The molecule has 1 atom stereocenters. The normalized spacial score (nSPS) is 16.8. The van der Waals surface area contributed by atoms with Crippen LogP contribution >= 0.6 is 23.2 Å². The quantitative estimate of drug-likeness (QED) is 0.880. The van der Waals surface area contributed by atoms with Crippen molar-refractivity contribution in [1.29, 1.82) is 0 Å². The van der Waals surface area contributed by atoms with E-state index in [0.717, 1.165) is 12.1 Å². The molecule has 0 saturated carbocycles. The standard InChI is InChI=1S/C18H17Cl2N3O2/c1-11-4-2-6-16(21-11)22-17(24)15-5-3-9-23(15)18(25)13-10-12(19)7-8-14(13)20/h2,4,6-8,10,15H,3,5,9H2,1H3,(H,21,22,24). The molecule has 7 heteroatoms. The van der Waals surface area contributed by atoms with Gasteiger partial charge in [0.05, 0.1) is 10.6 Å². The van der Waals surface area contributed by atoms with Crippen LogP contribution in [-0.4, -0.2) is 34.3 Å². The maximum Gasteiger partial charge on any atom is 0.256 e. The van der Waals surface area contributed by atoms with E-state index in [1.165, 1.54) is 6.07 Å². The fraction of sp³-hybridized carbons (Fsp3) is 0.278. The first kappa shape index (κ1) is 17.7. The predicted molar refractivity (Wildman–Crippen MR) is 98.1 cm³/mol. The SMILES string of the molecule is Cc1cccc(NC(=O)C2CCCN2C(=O)c2cc(Cl)ccc2Cl)n1. The van der Waals surface area contributed by atoms with Crippen molar-refractivity contribution in [3.8, 4) is 0 Å². The highest BCUT2D eigenvalue weighted by molar-refractivity contribution is 6.35. The molecule has 1 saturated heterocycles. The number of nitrogens with one attached hydrogen (secondary N) is 1. The molecule has 2 amide bonds. The molecule has 5 nitrogen and oxygen atoms in total. The zero-order valence-corrected chi connectivity index (χ0v) is 15.1. The minimum absolute atomic E-state index is 0.248. The van der Waals surface area contributed by atoms with Gasteiger partial charge in [-0.3, -0.25) is 9.59 Å². The number of benzene rings is 1. The molecule has 1 fully saturated rings. The van der Waals surface area contributed by atoms with E-state index in [1.807, 2.05) is 19.1 Å². The summed E-state index contributed by atoms with van der Waals surface area (Å²) < 4.78 is 0. The number of anilines is 1. The van der Waals surface area contributed by atoms with Gasteiger partial charge in [-0.25, -0.2) is 4.98 Å². The lowest BCUT2D eigenvalue weighted by molar-refractivity contribution is -0.119. The van der Waals surface area contributed by atoms with Crippen LogP contribution in [0.4, 0.5) is 5.82 Å². The first-order chi connectivity index (χ1) is 12.0. The van der Waals surface area contributed by atoms with Gasteiger partial charge in [0, 0.05) is 17.3 Å². The topological polar surface area (TPSA) is 62.3 Å². The number of hydrogen-bond acceptors (Lipinski definition) is 3. The number of aryl methyl sites for hydroxylation is 1. The van der Waals surface area contributed by atoms with Crippen molar-refractivity contribution in [2.45, 2.75) is 25.8 Å². The number of aromatic nitrogens is 1. The van der Waals surface area contributed by atoms with Crippen LogP contribution in [0.5, 0.6) is 0 Å². The van der Waals surface area contributed by atoms with Crippen LogP contribution in [0.15, 0.2) is 36.4 Å². The van der Waals surface area contributed by atoms with Gasteiger partial charge in [-0.1, -0.05) is 29.3 Å². The molecule has 1 unspecified atom stereocenters. The van der Waals surface area contributed by atoms with Gasteiger partial charge in [0.1, 0.15) is 11.9 Å². The van der Waals surface area contributed by atoms with Gasteiger partial charge in [-0.2, -0.15) is 0 Å². The zero-order valence-electron chi connectivity index (χ0n) is 13.6. The van der Waals surface area contributed by atoms with Gasteiger partial charge in [0.15, 0.2) is 0 Å². The maximum absolute atomic E-state index is 12.8. The summed E-state index contributed by atoms with van der Waals surface area (Å²) in [6.07, 6.45) is 1.35. The molecule has 0 aliphatic carbocycles. The molecular formula is C18H17Cl2N3O2. The summed E-state index contributed by atoms with van der Waals surface area (Å²) in [5, 5.41) is 3.53. The highest BCUT2D eigenvalue weighted by atomic mass is 35.5. The summed E-state index contributed by atoms with van der Waals surface area (Å²) in [4.78, 5) is 31.3. The number of hydrogen-bond donors (Lipinski definition) is 1. The van der Waals surface area contributed by atoms with Crippen molar-refractivity contribution in [2.24, 2.45) is 0 Å². The van der Waals surface area contributed by atoms with Crippen LogP contribution in [0.3, 0.4) is 0 Å². The average molecular weight is 378 g/mol. The third-order valence-electron chi connectivity index (χ3n) is 4.11. The molecule has 2 aromatic rings. The van der Waals surface area contributed by atoms with Gasteiger partial charge in [0.25, 0.3) is 5.91 Å². The van der Waals surface area contributed by atoms with E-state index < -0.39 is 6.04 Å². The number of halogens is 2. The number of amides is 2. The Morgan fingerprint density at radius 1 is 1.24 bits per heavy atom. The zero-order chi connectivity index (χ0) is 18.0. The Kier molecular flexibility index (Phi) is 5.25. The van der Waals surface area contributed by atoms with Gasteiger partial charge < -0.3 is 10.2 Å². The second kappa shape index (κ2) is 7.42. The Morgan fingerprint density at radius 3 is 2.80 bits per heavy atom. The van der Waals surface area contributed by atoms with E-state index in [2.05, 4.69) is 10.3 Å². The van der Waals surface area contributed by atoms with Crippen LogP contribution < -0.4 is 5.32 Å². The lowest BCUT2D eigenvalue weighted by atomic mass is 10.1. The summed E-state index contributed by atoms with van der Waals surface area (Å²) in [6, 6.07) is 9.58. The van der Waals surface area contributed by atoms with Crippen LogP contribution in [-0.2, 0) is 4.79 Å². The van der Waals surface area contributed by atoms with Gasteiger partial charge in [-0.05, 0) is 50.1 Å². The number of nitrogens with zero attached hydrogens (tertiary/aromatic N) is 2. The summed E-state index contributed by atoms with van der Waals surface area (Å²) in [5.74, 6) is -0.0606. The Morgan fingerprint density at radius 2 is 2.04 bits per heavy atom. The molecule has 1 aliphatic heterocycles. The van der Waals surface area contributed by atoms with Crippen LogP contribution in [0.1, 0.15) is 28.9 Å². The molecule has 1 aromatic carbocycles. The van der Waals surface area contributed by atoms with Crippen LogP contribution in [0.25, 0.3) is 0 Å². The fourth-order valence-corrected chi connectivity index (χ4v) is 3.29. The Bertz CT molecular complexity index is 826. The van der Waals surface area contributed by atoms with Crippen LogP contribution in [0.2, 0.25) is 10.0 Å².